The van der Waals surface area contributed by atoms with Crippen molar-refractivity contribution in [3.8, 4) is 0 Å². The van der Waals surface area contributed by atoms with Gasteiger partial charge >= 0.3 is 5.97 Å². The number of carboxylic acids is 1. The van der Waals surface area contributed by atoms with Gasteiger partial charge in [0.2, 0.25) is 0 Å². The number of imidazole rings is 1. The van der Waals surface area contributed by atoms with Gasteiger partial charge in [0.15, 0.2) is 0 Å². The largest absolute Gasteiger partial charge is 0.481 e. The average molecular weight is 201 g/mol. The molecule has 1 aliphatic heterocycles. The predicted molar refractivity (Wildman–Crippen MR) is 46.8 cm³/mol. The van der Waals surface area contributed by atoms with Crippen LogP contribution in [0.1, 0.15) is 11.5 Å². The summed E-state index contributed by atoms with van der Waals surface area (Å²) in [4.78, 5) is 14.8. The van der Waals surface area contributed by atoms with E-state index in [-0.39, 0.29) is 5.92 Å². The third-order valence-corrected chi connectivity index (χ3v) is 2.78. The molecule has 0 radical (unpaired) electrons. The molecule has 1 N–H and O–H groups in total. The van der Waals surface area contributed by atoms with E-state index >= 15 is 0 Å². The molecule has 1 aliphatic rings. The lowest BCUT2D eigenvalue weighted by molar-refractivity contribution is -0.141. The van der Waals surface area contributed by atoms with E-state index in [1.165, 1.54) is 0 Å². The molecule has 70 valence electrons. The molecule has 0 aromatic carbocycles. The number of aromatic nitrogens is 2. The molecule has 1 unspecified atom stereocenters. The van der Waals surface area contributed by atoms with E-state index in [0.29, 0.717) is 18.1 Å². The van der Waals surface area contributed by atoms with Crippen LogP contribution in [0, 0.1) is 12.8 Å². The average Bonchev–Trinajstić information content (AvgIpc) is 2.55. The van der Waals surface area contributed by atoms with Gasteiger partial charge in [-0.15, -0.1) is 0 Å². The monoisotopic (exact) mass is 200 g/mol. The highest BCUT2D eigenvalue weighted by Gasteiger charge is 2.30. The Balaban J connectivity index is 2.33. The molecule has 5 heteroatoms. The maximum absolute atomic E-state index is 10.7. The van der Waals surface area contributed by atoms with Crippen molar-refractivity contribution in [2.45, 2.75) is 19.9 Å². The molecule has 0 fully saturated rings. The summed E-state index contributed by atoms with van der Waals surface area (Å²) in [6.07, 6.45) is 0.489. The molecule has 2 rings (SSSR count). The first-order valence-corrected chi connectivity index (χ1v) is 4.41. The topological polar surface area (TPSA) is 55.1 Å². The summed E-state index contributed by atoms with van der Waals surface area (Å²) < 4.78 is 1.88. The number of carboxylic acid groups (broad SMARTS) is 1. The summed E-state index contributed by atoms with van der Waals surface area (Å²) in [6, 6.07) is 0. The molecule has 0 bridgehead atoms. The molecule has 0 aliphatic carbocycles. The van der Waals surface area contributed by atoms with Crippen LogP contribution in [0.5, 0.6) is 0 Å². The van der Waals surface area contributed by atoms with E-state index < -0.39 is 5.97 Å². The summed E-state index contributed by atoms with van der Waals surface area (Å²) in [5.74, 6) is -0.311. The Kier molecular flexibility index (Phi) is 1.80. The Hall–Kier alpha value is -1.03. The van der Waals surface area contributed by atoms with Gasteiger partial charge < -0.3 is 9.67 Å². The number of halogens is 1. The van der Waals surface area contributed by atoms with Gasteiger partial charge in [0.25, 0.3) is 0 Å². The molecular weight excluding hydrogens is 192 g/mol. The second-order valence-corrected chi connectivity index (χ2v) is 3.61. The summed E-state index contributed by atoms with van der Waals surface area (Å²) in [5.41, 5.74) is 0.861. The Morgan fingerprint density at radius 3 is 3.00 bits per heavy atom. The van der Waals surface area contributed by atoms with Crippen molar-refractivity contribution < 1.29 is 9.90 Å². The minimum absolute atomic E-state index is 0.335. The van der Waals surface area contributed by atoms with Crippen molar-refractivity contribution in [1.29, 1.82) is 0 Å². The number of hydrogen-bond acceptors (Lipinski definition) is 2. The predicted octanol–water partition coefficient (Wildman–Crippen LogP) is 1.10. The molecule has 4 nitrogen and oxygen atoms in total. The van der Waals surface area contributed by atoms with Crippen molar-refractivity contribution in [3.05, 3.63) is 16.7 Å². The zero-order valence-electron chi connectivity index (χ0n) is 7.12. The second kappa shape index (κ2) is 2.73. The fraction of sp³-hybridized carbons (Fsp3) is 0.500. The number of hydrogen-bond donors (Lipinski definition) is 1. The van der Waals surface area contributed by atoms with Crippen LogP contribution in [-0.2, 0) is 17.8 Å². The SMILES string of the molecule is Cc1c(Cl)nc2n1CC(C(=O)O)C2. The summed E-state index contributed by atoms with van der Waals surface area (Å²) in [7, 11) is 0. The van der Waals surface area contributed by atoms with Gasteiger partial charge in [-0.25, -0.2) is 4.98 Å². The van der Waals surface area contributed by atoms with E-state index in [1.54, 1.807) is 0 Å². The quantitative estimate of drug-likeness (QED) is 0.739. The first kappa shape index (κ1) is 8.56. The van der Waals surface area contributed by atoms with Gasteiger partial charge in [0.05, 0.1) is 11.6 Å². The van der Waals surface area contributed by atoms with E-state index in [0.717, 1.165) is 11.5 Å². The zero-order valence-corrected chi connectivity index (χ0v) is 7.88. The van der Waals surface area contributed by atoms with Crippen LogP contribution in [0.15, 0.2) is 0 Å². The highest BCUT2D eigenvalue weighted by molar-refractivity contribution is 6.30. The summed E-state index contributed by atoms with van der Waals surface area (Å²) in [5, 5.41) is 9.27. The number of carbonyl (C=O) groups is 1. The van der Waals surface area contributed by atoms with Crippen LogP contribution >= 0.6 is 11.6 Å². The van der Waals surface area contributed by atoms with Crippen molar-refractivity contribution >= 4 is 17.6 Å². The van der Waals surface area contributed by atoms with E-state index in [4.69, 9.17) is 16.7 Å². The fourth-order valence-corrected chi connectivity index (χ4v) is 1.83. The molecule has 0 spiro atoms. The molecule has 1 atom stereocenters. The molecule has 0 amide bonds. The summed E-state index contributed by atoms with van der Waals surface area (Å²) in [6.45, 7) is 2.35. The van der Waals surface area contributed by atoms with Crippen LogP contribution in [0.4, 0.5) is 0 Å². The Morgan fingerprint density at radius 1 is 1.77 bits per heavy atom. The minimum Gasteiger partial charge on any atom is -0.481 e. The van der Waals surface area contributed by atoms with Crippen molar-refractivity contribution in [2.24, 2.45) is 5.92 Å². The maximum Gasteiger partial charge on any atom is 0.308 e. The normalized spacial score (nSPS) is 20.3. The number of nitrogens with zero attached hydrogens (tertiary/aromatic N) is 2. The molecule has 13 heavy (non-hydrogen) atoms. The number of fused-ring (bicyclic) bond motifs is 1. The first-order chi connectivity index (χ1) is 6.09. The van der Waals surface area contributed by atoms with E-state index in [9.17, 15) is 4.79 Å². The van der Waals surface area contributed by atoms with Gasteiger partial charge in [0, 0.05) is 13.0 Å². The van der Waals surface area contributed by atoms with E-state index in [2.05, 4.69) is 4.98 Å². The third kappa shape index (κ3) is 1.21. The van der Waals surface area contributed by atoms with Gasteiger partial charge in [-0.1, -0.05) is 11.6 Å². The maximum atomic E-state index is 10.7. The van der Waals surface area contributed by atoms with Crippen molar-refractivity contribution in [3.63, 3.8) is 0 Å². The van der Waals surface area contributed by atoms with Crippen molar-refractivity contribution in [1.82, 2.24) is 9.55 Å². The van der Waals surface area contributed by atoms with Crippen LogP contribution in [-0.4, -0.2) is 20.6 Å². The lowest BCUT2D eigenvalue weighted by atomic mass is 10.1. The molecule has 1 aromatic heterocycles. The lowest BCUT2D eigenvalue weighted by Gasteiger charge is -2.02. The third-order valence-electron chi connectivity index (χ3n) is 2.42. The summed E-state index contributed by atoms with van der Waals surface area (Å²) >= 11 is 5.80. The van der Waals surface area contributed by atoms with Gasteiger partial charge in [-0.05, 0) is 6.92 Å². The van der Waals surface area contributed by atoms with Gasteiger partial charge in [-0.2, -0.15) is 0 Å². The van der Waals surface area contributed by atoms with Crippen molar-refractivity contribution in [2.75, 3.05) is 0 Å². The number of aliphatic carboxylic acids is 1. The smallest absolute Gasteiger partial charge is 0.308 e. The van der Waals surface area contributed by atoms with Crippen LogP contribution in [0.2, 0.25) is 5.15 Å². The number of rotatable bonds is 1. The van der Waals surface area contributed by atoms with Crippen LogP contribution in [0.25, 0.3) is 0 Å². The highest BCUT2D eigenvalue weighted by Crippen LogP contribution is 2.26. The lowest BCUT2D eigenvalue weighted by Crippen LogP contribution is -2.15. The molecule has 0 saturated heterocycles. The van der Waals surface area contributed by atoms with Gasteiger partial charge in [0.1, 0.15) is 11.0 Å². The fourth-order valence-electron chi connectivity index (χ4n) is 1.63. The molecule has 0 saturated carbocycles. The zero-order chi connectivity index (χ0) is 9.59. The van der Waals surface area contributed by atoms with E-state index in [1.807, 2.05) is 11.5 Å². The first-order valence-electron chi connectivity index (χ1n) is 4.04. The molecule has 1 aromatic rings. The standard InChI is InChI=1S/C8H9ClN2O2/c1-4-7(9)10-6-2-5(8(12)13)3-11(4)6/h5H,2-3H2,1H3,(H,12,13). The van der Waals surface area contributed by atoms with Crippen LogP contribution < -0.4 is 0 Å². The second-order valence-electron chi connectivity index (χ2n) is 3.25. The van der Waals surface area contributed by atoms with Gasteiger partial charge in [-0.3, -0.25) is 4.79 Å². The Labute approximate surface area is 80.1 Å². The Morgan fingerprint density at radius 2 is 2.46 bits per heavy atom. The Bertz CT molecular complexity index is 372. The van der Waals surface area contributed by atoms with Crippen LogP contribution in [0.3, 0.4) is 0 Å². The highest BCUT2D eigenvalue weighted by atomic mass is 35.5. The minimum atomic E-state index is -0.763. The molecule has 2 heterocycles. The molecular formula is C8H9ClN2O2.